The summed E-state index contributed by atoms with van der Waals surface area (Å²) >= 11 is 3.23. The summed E-state index contributed by atoms with van der Waals surface area (Å²) in [4.78, 5) is 14.7. The zero-order chi connectivity index (χ0) is 17.6. The molecule has 0 saturated carbocycles. The van der Waals surface area contributed by atoms with Crippen LogP contribution >= 0.6 is 15.9 Å². The number of rotatable bonds is 5. The van der Waals surface area contributed by atoms with Crippen LogP contribution in [0.15, 0.2) is 46.9 Å². The van der Waals surface area contributed by atoms with Crippen molar-refractivity contribution in [3.63, 3.8) is 0 Å². The highest BCUT2D eigenvalue weighted by atomic mass is 79.9. The third-order valence-corrected chi connectivity index (χ3v) is 5.16. The molecule has 0 spiro atoms. The fraction of sp³-hybridized carbons (Fsp3) is 0.350. The van der Waals surface area contributed by atoms with Crippen molar-refractivity contribution >= 4 is 21.8 Å². The van der Waals surface area contributed by atoms with Gasteiger partial charge in [-0.05, 0) is 71.2 Å². The van der Waals surface area contributed by atoms with Crippen LogP contribution in [0.3, 0.4) is 0 Å². The first-order valence-electron chi connectivity index (χ1n) is 8.65. The van der Waals surface area contributed by atoms with Gasteiger partial charge in [-0.3, -0.25) is 9.69 Å². The lowest BCUT2D eigenvalue weighted by Crippen LogP contribution is -2.29. The number of hydrogen-bond acceptors (Lipinski definition) is 2. The Bertz CT molecular complexity index is 727. The first-order valence-corrected chi connectivity index (χ1v) is 9.44. The number of halogens is 2. The summed E-state index contributed by atoms with van der Waals surface area (Å²) in [6, 6.07) is 12.4. The van der Waals surface area contributed by atoms with Gasteiger partial charge in [0.05, 0.1) is 5.56 Å². The molecule has 25 heavy (non-hydrogen) atoms. The van der Waals surface area contributed by atoms with Crippen LogP contribution in [0.2, 0.25) is 0 Å². The van der Waals surface area contributed by atoms with E-state index < -0.39 is 0 Å². The lowest BCUT2D eigenvalue weighted by Gasteiger charge is -2.26. The van der Waals surface area contributed by atoms with Crippen molar-refractivity contribution in [3.8, 4) is 0 Å². The Hall–Kier alpha value is -1.72. The number of piperidine rings is 1. The van der Waals surface area contributed by atoms with Crippen molar-refractivity contribution < 1.29 is 9.18 Å². The minimum Gasteiger partial charge on any atom is -0.348 e. The Balaban J connectivity index is 1.53. The molecule has 1 N–H and O–H groups in total. The van der Waals surface area contributed by atoms with Crippen molar-refractivity contribution in [3.05, 3.63) is 69.4 Å². The van der Waals surface area contributed by atoms with Gasteiger partial charge in [0.15, 0.2) is 0 Å². The molecule has 132 valence electrons. The molecular formula is C20H22BrFN2O. The molecule has 0 unspecified atom stereocenters. The van der Waals surface area contributed by atoms with Crippen LogP contribution in [0.5, 0.6) is 0 Å². The third kappa shape index (κ3) is 5.13. The molecule has 1 saturated heterocycles. The quantitative estimate of drug-likeness (QED) is 0.794. The molecule has 3 rings (SSSR count). The highest BCUT2D eigenvalue weighted by Gasteiger charge is 2.12. The second kappa shape index (κ2) is 8.59. The van der Waals surface area contributed by atoms with Crippen molar-refractivity contribution in [1.82, 2.24) is 10.2 Å². The zero-order valence-corrected chi connectivity index (χ0v) is 15.7. The highest BCUT2D eigenvalue weighted by molar-refractivity contribution is 9.10. The van der Waals surface area contributed by atoms with Gasteiger partial charge in [0.1, 0.15) is 5.82 Å². The number of benzene rings is 2. The average Bonchev–Trinajstić information content (AvgIpc) is 2.62. The van der Waals surface area contributed by atoms with Crippen LogP contribution in [0.4, 0.5) is 4.39 Å². The van der Waals surface area contributed by atoms with Gasteiger partial charge in [0.2, 0.25) is 0 Å². The molecule has 0 atom stereocenters. The SMILES string of the molecule is O=C(NCc1ccc(CN2CCCCC2)cc1)c1ccc(F)cc1Br. The van der Waals surface area contributed by atoms with E-state index in [2.05, 4.69) is 50.4 Å². The van der Waals surface area contributed by atoms with Crippen molar-refractivity contribution in [2.24, 2.45) is 0 Å². The summed E-state index contributed by atoms with van der Waals surface area (Å²) in [6.07, 6.45) is 3.94. The van der Waals surface area contributed by atoms with Crippen LogP contribution in [0.1, 0.15) is 40.7 Å². The molecule has 1 heterocycles. The summed E-state index contributed by atoms with van der Waals surface area (Å²) < 4.78 is 13.6. The van der Waals surface area contributed by atoms with Gasteiger partial charge in [0, 0.05) is 17.6 Å². The Morgan fingerprint density at radius 3 is 2.40 bits per heavy atom. The van der Waals surface area contributed by atoms with E-state index in [0.29, 0.717) is 16.6 Å². The van der Waals surface area contributed by atoms with Crippen molar-refractivity contribution in [2.45, 2.75) is 32.4 Å². The molecule has 1 aliphatic heterocycles. The van der Waals surface area contributed by atoms with Gasteiger partial charge in [-0.25, -0.2) is 4.39 Å². The fourth-order valence-corrected chi connectivity index (χ4v) is 3.62. The topological polar surface area (TPSA) is 32.3 Å². The molecule has 0 aromatic heterocycles. The highest BCUT2D eigenvalue weighted by Crippen LogP contribution is 2.18. The number of nitrogens with zero attached hydrogens (tertiary/aromatic N) is 1. The fourth-order valence-electron chi connectivity index (χ4n) is 3.09. The van der Waals surface area contributed by atoms with Gasteiger partial charge in [-0.15, -0.1) is 0 Å². The Morgan fingerprint density at radius 1 is 1.04 bits per heavy atom. The molecule has 2 aromatic rings. The maximum atomic E-state index is 13.1. The second-order valence-corrected chi connectivity index (χ2v) is 7.31. The minimum absolute atomic E-state index is 0.218. The average molecular weight is 405 g/mol. The lowest BCUT2D eigenvalue weighted by molar-refractivity contribution is 0.0950. The molecule has 0 bridgehead atoms. The van der Waals surface area contributed by atoms with Gasteiger partial charge >= 0.3 is 0 Å². The van der Waals surface area contributed by atoms with E-state index in [4.69, 9.17) is 0 Å². The molecule has 1 fully saturated rings. The van der Waals surface area contributed by atoms with Crippen molar-refractivity contribution in [1.29, 1.82) is 0 Å². The lowest BCUT2D eigenvalue weighted by atomic mass is 10.1. The number of carbonyl (C=O) groups excluding carboxylic acids is 1. The predicted molar refractivity (Wildman–Crippen MR) is 101 cm³/mol. The van der Waals surface area contributed by atoms with Gasteiger partial charge in [-0.1, -0.05) is 30.7 Å². The van der Waals surface area contributed by atoms with Gasteiger partial charge in [-0.2, -0.15) is 0 Å². The molecule has 1 aliphatic rings. The normalized spacial score (nSPS) is 15.1. The van der Waals surface area contributed by atoms with Crippen LogP contribution in [0.25, 0.3) is 0 Å². The molecule has 2 aromatic carbocycles. The maximum Gasteiger partial charge on any atom is 0.252 e. The van der Waals surface area contributed by atoms with E-state index in [1.165, 1.54) is 56.1 Å². The van der Waals surface area contributed by atoms with E-state index in [1.54, 1.807) is 0 Å². The van der Waals surface area contributed by atoms with Crippen molar-refractivity contribution in [2.75, 3.05) is 13.1 Å². The Labute approximate surface area is 156 Å². The predicted octanol–water partition coefficient (Wildman–Crippen LogP) is 4.50. The van der Waals surface area contributed by atoms with E-state index >= 15 is 0 Å². The first kappa shape index (κ1) is 18.1. The molecule has 1 amide bonds. The number of likely N-dealkylation sites (tertiary alicyclic amines) is 1. The molecular weight excluding hydrogens is 383 g/mol. The summed E-state index contributed by atoms with van der Waals surface area (Å²) in [5.41, 5.74) is 2.79. The monoisotopic (exact) mass is 404 g/mol. The van der Waals surface area contributed by atoms with E-state index in [0.717, 1.165) is 12.1 Å². The van der Waals surface area contributed by atoms with Crippen LogP contribution < -0.4 is 5.32 Å². The zero-order valence-electron chi connectivity index (χ0n) is 14.1. The minimum atomic E-state index is -0.368. The number of amides is 1. The van der Waals surface area contributed by atoms with Gasteiger partial charge < -0.3 is 5.32 Å². The number of carbonyl (C=O) groups is 1. The molecule has 0 aliphatic carbocycles. The Kier molecular flexibility index (Phi) is 6.21. The second-order valence-electron chi connectivity index (χ2n) is 6.46. The summed E-state index contributed by atoms with van der Waals surface area (Å²) in [5.74, 6) is -0.586. The summed E-state index contributed by atoms with van der Waals surface area (Å²) in [7, 11) is 0. The standard InChI is InChI=1S/C20H22BrFN2O/c21-19-12-17(22)8-9-18(19)20(25)23-13-15-4-6-16(7-5-15)14-24-10-2-1-3-11-24/h4-9,12H,1-3,10-11,13-14H2,(H,23,25). The summed E-state index contributed by atoms with van der Waals surface area (Å²) in [6.45, 7) is 3.82. The first-order chi connectivity index (χ1) is 12.1. The molecule has 0 radical (unpaired) electrons. The summed E-state index contributed by atoms with van der Waals surface area (Å²) in [5, 5.41) is 2.87. The number of nitrogens with one attached hydrogen (secondary N) is 1. The molecule has 3 nitrogen and oxygen atoms in total. The van der Waals surface area contributed by atoms with Crippen LogP contribution in [-0.4, -0.2) is 23.9 Å². The largest absolute Gasteiger partial charge is 0.348 e. The van der Waals surface area contributed by atoms with Gasteiger partial charge in [0.25, 0.3) is 5.91 Å². The third-order valence-electron chi connectivity index (χ3n) is 4.51. The van der Waals surface area contributed by atoms with E-state index in [1.807, 2.05) is 0 Å². The maximum absolute atomic E-state index is 13.1. The van der Waals surface area contributed by atoms with E-state index in [-0.39, 0.29) is 11.7 Å². The Morgan fingerprint density at radius 2 is 1.72 bits per heavy atom. The van der Waals surface area contributed by atoms with E-state index in [9.17, 15) is 9.18 Å². The van der Waals surface area contributed by atoms with Crippen LogP contribution in [-0.2, 0) is 13.1 Å². The molecule has 5 heteroatoms. The smallest absolute Gasteiger partial charge is 0.252 e. The van der Waals surface area contributed by atoms with Crippen LogP contribution in [0, 0.1) is 5.82 Å². The number of hydrogen-bond donors (Lipinski definition) is 1.